The van der Waals surface area contributed by atoms with Gasteiger partial charge in [-0.25, -0.2) is 0 Å². The highest BCUT2D eigenvalue weighted by Crippen LogP contribution is 2.26. The summed E-state index contributed by atoms with van der Waals surface area (Å²) in [5.41, 5.74) is 0. The maximum Gasteiger partial charge on any atom is 0.0235 e. The molecular formula is C12H24N2. The summed E-state index contributed by atoms with van der Waals surface area (Å²) in [6, 6.07) is 1.61. The second-order valence-corrected chi connectivity index (χ2v) is 5.05. The quantitative estimate of drug-likeness (QED) is 0.741. The minimum absolute atomic E-state index is 0.799. The summed E-state index contributed by atoms with van der Waals surface area (Å²) in [5, 5.41) is 3.67. The Morgan fingerprint density at radius 3 is 3.00 bits per heavy atom. The molecule has 0 spiro atoms. The van der Waals surface area contributed by atoms with Gasteiger partial charge in [0.05, 0.1) is 0 Å². The summed E-state index contributed by atoms with van der Waals surface area (Å²) in [4.78, 5) is 2.69. The topological polar surface area (TPSA) is 15.3 Å². The van der Waals surface area contributed by atoms with E-state index in [0.29, 0.717) is 0 Å². The first-order chi connectivity index (χ1) is 6.81. The van der Waals surface area contributed by atoms with Crippen LogP contribution in [0.3, 0.4) is 0 Å². The molecule has 2 nitrogen and oxygen atoms in total. The molecule has 1 N–H and O–H groups in total. The Kier molecular flexibility index (Phi) is 3.45. The number of nitrogens with one attached hydrogen (secondary N) is 1. The van der Waals surface area contributed by atoms with Gasteiger partial charge in [0.15, 0.2) is 0 Å². The van der Waals surface area contributed by atoms with E-state index in [1.165, 1.54) is 45.3 Å². The fraction of sp³-hybridized carbons (Fsp3) is 1.00. The number of piperidine rings is 1. The molecule has 2 aliphatic rings. The van der Waals surface area contributed by atoms with Gasteiger partial charge in [-0.1, -0.05) is 13.3 Å². The Balaban J connectivity index is 1.86. The lowest BCUT2D eigenvalue weighted by atomic mass is 9.94. The fourth-order valence-electron chi connectivity index (χ4n) is 3.04. The van der Waals surface area contributed by atoms with E-state index in [-0.39, 0.29) is 0 Å². The average Bonchev–Trinajstić information content (AvgIpc) is 2.61. The van der Waals surface area contributed by atoms with Crippen molar-refractivity contribution in [2.45, 2.75) is 51.6 Å². The van der Waals surface area contributed by atoms with Crippen LogP contribution in [0.15, 0.2) is 0 Å². The molecule has 3 atom stereocenters. The molecule has 0 aliphatic carbocycles. The van der Waals surface area contributed by atoms with Crippen LogP contribution in [-0.4, -0.2) is 36.6 Å². The van der Waals surface area contributed by atoms with Gasteiger partial charge in [0.1, 0.15) is 0 Å². The highest BCUT2D eigenvalue weighted by molar-refractivity contribution is 4.93. The maximum atomic E-state index is 3.67. The van der Waals surface area contributed by atoms with Crippen molar-refractivity contribution in [1.29, 1.82) is 0 Å². The molecule has 2 aliphatic heterocycles. The van der Waals surface area contributed by atoms with Crippen LogP contribution >= 0.6 is 0 Å². The van der Waals surface area contributed by atoms with Gasteiger partial charge in [-0.15, -0.1) is 0 Å². The summed E-state index contributed by atoms with van der Waals surface area (Å²) < 4.78 is 0. The zero-order valence-electron chi connectivity index (χ0n) is 9.63. The van der Waals surface area contributed by atoms with Crippen molar-refractivity contribution in [1.82, 2.24) is 10.2 Å². The van der Waals surface area contributed by atoms with Gasteiger partial charge in [0, 0.05) is 25.2 Å². The van der Waals surface area contributed by atoms with Crippen molar-refractivity contribution in [3.63, 3.8) is 0 Å². The minimum atomic E-state index is 0.799. The summed E-state index contributed by atoms with van der Waals surface area (Å²) in [7, 11) is 0. The summed E-state index contributed by atoms with van der Waals surface area (Å²) >= 11 is 0. The van der Waals surface area contributed by atoms with Crippen LogP contribution in [0.1, 0.15) is 39.5 Å². The molecular weight excluding hydrogens is 172 g/mol. The molecule has 1 unspecified atom stereocenters. The number of hydrogen-bond acceptors (Lipinski definition) is 2. The molecule has 0 amide bonds. The zero-order valence-corrected chi connectivity index (χ0v) is 9.63. The third-order valence-corrected chi connectivity index (χ3v) is 3.96. The van der Waals surface area contributed by atoms with E-state index in [2.05, 4.69) is 24.1 Å². The predicted octanol–water partition coefficient (Wildman–Crippen LogP) is 1.86. The molecule has 14 heavy (non-hydrogen) atoms. The van der Waals surface area contributed by atoms with Crippen LogP contribution in [-0.2, 0) is 0 Å². The molecule has 2 rings (SSSR count). The third-order valence-electron chi connectivity index (χ3n) is 3.96. The summed E-state index contributed by atoms with van der Waals surface area (Å²) in [6.45, 7) is 8.57. The molecule has 2 heterocycles. The Morgan fingerprint density at radius 1 is 1.43 bits per heavy atom. The first-order valence-corrected chi connectivity index (χ1v) is 6.28. The van der Waals surface area contributed by atoms with Crippen LogP contribution < -0.4 is 5.32 Å². The average molecular weight is 196 g/mol. The normalized spacial score (nSPS) is 35.6. The van der Waals surface area contributed by atoms with E-state index in [1.807, 2.05) is 0 Å². The Hall–Kier alpha value is -0.0800. The van der Waals surface area contributed by atoms with Crippen molar-refractivity contribution in [3.05, 3.63) is 0 Å². The fourth-order valence-corrected chi connectivity index (χ4v) is 3.04. The summed E-state index contributed by atoms with van der Waals surface area (Å²) in [5.74, 6) is 0.947. The van der Waals surface area contributed by atoms with Crippen LogP contribution in [0.5, 0.6) is 0 Å². The molecule has 0 aromatic rings. The predicted molar refractivity (Wildman–Crippen MR) is 60.5 cm³/mol. The Bertz CT molecular complexity index is 167. The minimum Gasteiger partial charge on any atom is -0.312 e. The van der Waals surface area contributed by atoms with Crippen molar-refractivity contribution < 1.29 is 0 Å². The van der Waals surface area contributed by atoms with Crippen molar-refractivity contribution >= 4 is 0 Å². The van der Waals surface area contributed by atoms with Crippen molar-refractivity contribution in [2.24, 2.45) is 5.92 Å². The maximum absolute atomic E-state index is 3.67. The Morgan fingerprint density at radius 2 is 2.29 bits per heavy atom. The van der Waals surface area contributed by atoms with Crippen molar-refractivity contribution in [3.8, 4) is 0 Å². The molecule has 2 heteroatoms. The second-order valence-electron chi connectivity index (χ2n) is 5.05. The third kappa shape index (κ3) is 2.12. The number of nitrogens with zero attached hydrogens (tertiary/aromatic N) is 1. The lowest BCUT2D eigenvalue weighted by molar-refractivity contribution is 0.235. The molecule has 0 aromatic carbocycles. The number of fused-ring (bicyclic) bond motifs is 1. The van der Waals surface area contributed by atoms with E-state index in [9.17, 15) is 0 Å². The van der Waals surface area contributed by atoms with Crippen LogP contribution in [0.2, 0.25) is 0 Å². The van der Waals surface area contributed by atoms with E-state index >= 15 is 0 Å². The molecule has 0 saturated carbocycles. The van der Waals surface area contributed by atoms with Gasteiger partial charge < -0.3 is 5.32 Å². The first kappa shape index (κ1) is 10.4. The lowest BCUT2D eigenvalue weighted by Crippen LogP contribution is -2.41. The molecule has 0 bridgehead atoms. The highest BCUT2D eigenvalue weighted by Gasteiger charge is 2.35. The van der Waals surface area contributed by atoms with E-state index in [4.69, 9.17) is 0 Å². The monoisotopic (exact) mass is 196 g/mol. The standard InChI is InChI=1S/C12H24N2/c1-3-5-10(2)14-8-11-6-4-7-13-12(11)9-14/h10-13H,3-9H2,1-2H3/t10?,11-,12+/m0/s1. The van der Waals surface area contributed by atoms with Gasteiger partial charge in [-0.2, -0.15) is 0 Å². The molecule has 82 valence electrons. The summed E-state index contributed by atoms with van der Waals surface area (Å²) in [6.07, 6.45) is 5.52. The second kappa shape index (κ2) is 4.63. The SMILES string of the molecule is CCCC(C)N1C[C@@H]2CCCN[C@@H]2C1. The number of rotatable bonds is 3. The molecule has 2 saturated heterocycles. The van der Waals surface area contributed by atoms with E-state index < -0.39 is 0 Å². The first-order valence-electron chi connectivity index (χ1n) is 6.28. The number of hydrogen-bond donors (Lipinski definition) is 1. The van der Waals surface area contributed by atoms with Crippen LogP contribution in [0.25, 0.3) is 0 Å². The zero-order chi connectivity index (χ0) is 9.97. The lowest BCUT2D eigenvalue weighted by Gasteiger charge is -2.25. The van der Waals surface area contributed by atoms with Gasteiger partial charge >= 0.3 is 0 Å². The van der Waals surface area contributed by atoms with Gasteiger partial charge in [0.25, 0.3) is 0 Å². The highest BCUT2D eigenvalue weighted by atomic mass is 15.2. The smallest absolute Gasteiger partial charge is 0.0235 e. The van der Waals surface area contributed by atoms with Gasteiger partial charge in [-0.05, 0) is 38.6 Å². The number of likely N-dealkylation sites (tertiary alicyclic amines) is 1. The molecule has 2 fully saturated rings. The van der Waals surface area contributed by atoms with E-state index in [1.54, 1.807) is 0 Å². The molecule has 0 radical (unpaired) electrons. The van der Waals surface area contributed by atoms with Crippen LogP contribution in [0.4, 0.5) is 0 Å². The van der Waals surface area contributed by atoms with E-state index in [0.717, 1.165) is 18.0 Å². The molecule has 0 aromatic heterocycles. The van der Waals surface area contributed by atoms with Gasteiger partial charge in [0.2, 0.25) is 0 Å². The van der Waals surface area contributed by atoms with Crippen molar-refractivity contribution in [2.75, 3.05) is 19.6 Å². The largest absolute Gasteiger partial charge is 0.312 e. The van der Waals surface area contributed by atoms with Crippen LogP contribution in [0, 0.1) is 5.92 Å². The van der Waals surface area contributed by atoms with Gasteiger partial charge in [-0.3, -0.25) is 4.90 Å². The Labute approximate surface area is 88.1 Å².